The SMILES string of the molecule is CCc1ncc(NCCN)c(-c2cccc(F)c2)n1. The van der Waals surface area contributed by atoms with Crippen molar-refractivity contribution in [2.75, 3.05) is 18.4 Å². The molecule has 4 nitrogen and oxygen atoms in total. The van der Waals surface area contributed by atoms with E-state index in [4.69, 9.17) is 5.73 Å². The molecule has 1 aromatic heterocycles. The van der Waals surface area contributed by atoms with Gasteiger partial charge in [0.1, 0.15) is 11.6 Å². The van der Waals surface area contributed by atoms with Gasteiger partial charge in [0.15, 0.2) is 0 Å². The third-order valence-corrected chi connectivity index (χ3v) is 2.71. The highest BCUT2D eigenvalue weighted by atomic mass is 19.1. The minimum absolute atomic E-state index is 0.279. The quantitative estimate of drug-likeness (QED) is 0.865. The second kappa shape index (κ2) is 6.24. The monoisotopic (exact) mass is 260 g/mol. The van der Waals surface area contributed by atoms with Crippen LogP contribution in [0.25, 0.3) is 11.3 Å². The first kappa shape index (κ1) is 13.4. The molecule has 0 saturated carbocycles. The summed E-state index contributed by atoms with van der Waals surface area (Å²) in [7, 11) is 0. The van der Waals surface area contributed by atoms with Crippen molar-refractivity contribution in [3.05, 3.63) is 42.1 Å². The normalized spacial score (nSPS) is 10.5. The fraction of sp³-hybridized carbons (Fsp3) is 0.286. The van der Waals surface area contributed by atoms with Crippen LogP contribution in [0.3, 0.4) is 0 Å². The van der Waals surface area contributed by atoms with Crippen LogP contribution in [0.5, 0.6) is 0 Å². The van der Waals surface area contributed by atoms with E-state index >= 15 is 0 Å². The molecule has 0 radical (unpaired) electrons. The Hall–Kier alpha value is -2.01. The van der Waals surface area contributed by atoms with Crippen LogP contribution in [0.4, 0.5) is 10.1 Å². The number of rotatable bonds is 5. The summed E-state index contributed by atoms with van der Waals surface area (Å²) in [6.45, 7) is 3.12. The van der Waals surface area contributed by atoms with Gasteiger partial charge in [0.25, 0.3) is 0 Å². The molecule has 0 saturated heterocycles. The van der Waals surface area contributed by atoms with E-state index in [0.29, 0.717) is 18.8 Å². The molecule has 0 aliphatic rings. The molecule has 100 valence electrons. The summed E-state index contributed by atoms with van der Waals surface area (Å²) in [5, 5.41) is 3.16. The van der Waals surface area contributed by atoms with Crippen LogP contribution in [-0.2, 0) is 6.42 Å². The number of aromatic nitrogens is 2. The Morgan fingerprint density at radius 1 is 1.37 bits per heavy atom. The van der Waals surface area contributed by atoms with E-state index in [1.165, 1.54) is 12.1 Å². The standard InChI is InChI=1S/C14H17FN4/c1-2-13-18-9-12(17-7-6-16)14(19-13)10-4-3-5-11(15)8-10/h3-5,8-9,17H,2,6-7,16H2,1H3. The number of anilines is 1. The van der Waals surface area contributed by atoms with Crippen molar-refractivity contribution in [2.24, 2.45) is 5.73 Å². The summed E-state index contributed by atoms with van der Waals surface area (Å²) in [6, 6.07) is 6.39. The third-order valence-electron chi connectivity index (χ3n) is 2.71. The van der Waals surface area contributed by atoms with Crippen molar-refractivity contribution in [3.63, 3.8) is 0 Å². The Morgan fingerprint density at radius 3 is 2.89 bits per heavy atom. The second-order valence-corrected chi connectivity index (χ2v) is 4.13. The Balaban J connectivity index is 2.45. The number of hydrogen-bond acceptors (Lipinski definition) is 4. The van der Waals surface area contributed by atoms with Crippen LogP contribution < -0.4 is 11.1 Å². The van der Waals surface area contributed by atoms with E-state index in [9.17, 15) is 4.39 Å². The van der Waals surface area contributed by atoms with Crippen LogP contribution in [-0.4, -0.2) is 23.1 Å². The molecule has 1 aromatic carbocycles. The summed E-state index contributed by atoms with van der Waals surface area (Å²) in [5.74, 6) is 0.455. The summed E-state index contributed by atoms with van der Waals surface area (Å²) >= 11 is 0. The van der Waals surface area contributed by atoms with Crippen LogP contribution >= 0.6 is 0 Å². The summed E-state index contributed by atoms with van der Waals surface area (Å²) in [5.41, 5.74) is 7.69. The Labute approximate surface area is 111 Å². The molecule has 0 amide bonds. The molecule has 0 fully saturated rings. The fourth-order valence-electron chi connectivity index (χ4n) is 1.78. The van der Waals surface area contributed by atoms with Crippen LogP contribution in [0, 0.1) is 5.82 Å². The van der Waals surface area contributed by atoms with Crippen LogP contribution in [0.1, 0.15) is 12.7 Å². The molecule has 0 atom stereocenters. The van der Waals surface area contributed by atoms with E-state index in [-0.39, 0.29) is 5.82 Å². The number of halogens is 1. The number of hydrogen-bond donors (Lipinski definition) is 2. The second-order valence-electron chi connectivity index (χ2n) is 4.13. The van der Waals surface area contributed by atoms with Crippen LogP contribution in [0.15, 0.2) is 30.5 Å². The minimum atomic E-state index is -0.279. The van der Waals surface area contributed by atoms with E-state index in [1.807, 2.05) is 13.0 Å². The Morgan fingerprint density at radius 2 is 2.21 bits per heavy atom. The van der Waals surface area contributed by atoms with Crippen molar-refractivity contribution >= 4 is 5.69 Å². The largest absolute Gasteiger partial charge is 0.381 e. The van der Waals surface area contributed by atoms with Gasteiger partial charge in [-0.05, 0) is 12.1 Å². The van der Waals surface area contributed by atoms with Gasteiger partial charge in [-0.15, -0.1) is 0 Å². The molecule has 0 unspecified atom stereocenters. The first-order valence-corrected chi connectivity index (χ1v) is 6.30. The Bertz CT molecular complexity index is 557. The lowest BCUT2D eigenvalue weighted by molar-refractivity contribution is 0.628. The van der Waals surface area contributed by atoms with Crippen molar-refractivity contribution in [2.45, 2.75) is 13.3 Å². The van der Waals surface area contributed by atoms with Gasteiger partial charge in [0.05, 0.1) is 17.6 Å². The first-order valence-electron chi connectivity index (χ1n) is 6.30. The average Bonchev–Trinajstić information content (AvgIpc) is 2.45. The molecular formula is C14H17FN4. The lowest BCUT2D eigenvalue weighted by atomic mass is 10.1. The van der Waals surface area contributed by atoms with Crippen molar-refractivity contribution < 1.29 is 4.39 Å². The maximum atomic E-state index is 13.3. The molecule has 0 bridgehead atoms. The Kier molecular flexibility index (Phi) is 4.41. The highest BCUT2D eigenvalue weighted by Crippen LogP contribution is 2.25. The molecule has 3 N–H and O–H groups in total. The highest BCUT2D eigenvalue weighted by Gasteiger charge is 2.09. The number of nitrogens with zero attached hydrogens (tertiary/aromatic N) is 2. The number of nitrogens with two attached hydrogens (primary N) is 1. The van der Waals surface area contributed by atoms with Crippen LogP contribution in [0.2, 0.25) is 0 Å². The molecular weight excluding hydrogens is 243 g/mol. The molecule has 2 rings (SSSR count). The summed E-state index contributed by atoms with van der Waals surface area (Å²) in [4.78, 5) is 8.72. The zero-order valence-corrected chi connectivity index (χ0v) is 10.9. The van der Waals surface area contributed by atoms with Gasteiger partial charge in [-0.1, -0.05) is 19.1 Å². The fourth-order valence-corrected chi connectivity index (χ4v) is 1.78. The zero-order valence-electron chi connectivity index (χ0n) is 10.9. The van der Waals surface area contributed by atoms with Gasteiger partial charge in [0, 0.05) is 25.1 Å². The molecule has 19 heavy (non-hydrogen) atoms. The molecule has 0 spiro atoms. The molecule has 0 aliphatic heterocycles. The molecule has 1 heterocycles. The van der Waals surface area contributed by atoms with Gasteiger partial charge in [0.2, 0.25) is 0 Å². The van der Waals surface area contributed by atoms with Crippen molar-refractivity contribution in [1.82, 2.24) is 9.97 Å². The maximum absolute atomic E-state index is 13.3. The van der Waals surface area contributed by atoms with E-state index in [2.05, 4.69) is 15.3 Å². The van der Waals surface area contributed by atoms with Crippen molar-refractivity contribution in [1.29, 1.82) is 0 Å². The molecule has 5 heteroatoms. The lowest BCUT2D eigenvalue weighted by Gasteiger charge is -2.11. The molecule has 2 aromatic rings. The highest BCUT2D eigenvalue weighted by molar-refractivity contribution is 5.73. The maximum Gasteiger partial charge on any atom is 0.128 e. The predicted molar refractivity (Wildman–Crippen MR) is 74.3 cm³/mol. The average molecular weight is 260 g/mol. The van der Waals surface area contributed by atoms with E-state index in [0.717, 1.165) is 23.5 Å². The first-order chi connectivity index (χ1) is 9.24. The third kappa shape index (κ3) is 3.26. The smallest absolute Gasteiger partial charge is 0.128 e. The van der Waals surface area contributed by atoms with Gasteiger partial charge in [-0.25, -0.2) is 14.4 Å². The van der Waals surface area contributed by atoms with Gasteiger partial charge < -0.3 is 11.1 Å². The van der Waals surface area contributed by atoms with Gasteiger partial charge in [-0.3, -0.25) is 0 Å². The molecule has 0 aliphatic carbocycles. The van der Waals surface area contributed by atoms with E-state index < -0.39 is 0 Å². The number of aryl methyl sites for hydroxylation is 1. The van der Waals surface area contributed by atoms with E-state index in [1.54, 1.807) is 12.3 Å². The van der Waals surface area contributed by atoms with Gasteiger partial charge >= 0.3 is 0 Å². The van der Waals surface area contributed by atoms with Gasteiger partial charge in [-0.2, -0.15) is 0 Å². The number of benzene rings is 1. The minimum Gasteiger partial charge on any atom is -0.381 e. The summed E-state index contributed by atoms with van der Waals surface area (Å²) < 4.78 is 13.3. The number of nitrogens with one attached hydrogen (secondary N) is 1. The topological polar surface area (TPSA) is 63.8 Å². The summed E-state index contributed by atoms with van der Waals surface area (Å²) in [6.07, 6.45) is 2.46. The lowest BCUT2D eigenvalue weighted by Crippen LogP contribution is -2.14. The zero-order chi connectivity index (χ0) is 13.7. The predicted octanol–water partition coefficient (Wildman–Crippen LogP) is 2.22. The van der Waals surface area contributed by atoms with Crippen molar-refractivity contribution in [3.8, 4) is 11.3 Å².